The van der Waals surface area contributed by atoms with Crippen LogP contribution >= 0.6 is 0 Å². The Hall–Kier alpha value is -1.54. The molecule has 1 atom stereocenters. The summed E-state index contributed by atoms with van der Waals surface area (Å²) in [6.45, 7) is 5.32. The van der Waals surface area contributed by atoms with Crippen molar-refractivity contribution < 1.29 is 4.42 Å². The molecule has 0 fully saturated rings. The third kappa shape index (κ3) is 2.53. The predicted molar refractivity (Wildman–Crippen MR) is 82.0 cm³/mol. The van der Waals surface area contributed by atoms with Gasteiger partial charge in [-0.15, -0.1) is 0 Å². The topological polar surface area (TPSA) is 25.2 Å². The molecule has 1 aromatic heterocycles. The number of benzene rings is 1. The van der Waals surface area contributed by atoms with Gasteiger partial charge < -0.3 is 9.73 Å². The lowest BCUT2D eigenvalue weighted by molar-refractivity contribution is 0.444. The van der Waals surface area contributed by atoms with E-state index in [2.05, 4.69) is 37.4 Å². The Morgan fingerprint density at radius 1 is 1.20 bits per heavy atom. The van der Waals surface area contributed by atoms with Gasteiger partial charge in [0.1, 0.15) is 5.76 Å². The fourth-order valence-electron chi connectivity index (χ4n) is 3.10. The fourth-order valence-corrected chi connectivity index (χ4v) is 3.10. The van der Waals surface area contributed by atoms with E-state index >= 15 is 0 Å². The summed E-state index contributed by atoms with van der Waals surface area (Å²) in [5.74, 6) is 1.05. The van der Waals surface area contributed by atoms with Crippen LogP contribution in [0.25, 0.3) is 0 Å². The second-order valence-electron chi connectivity index (χ2n) is 5.74. The van der Waals surface area contributed by atoms with Gasteiger partial charge in [-0.25, -0.2) is 0 Å². The van der Waals surface area contributed by atoms with Gasteiger partial charge in [0.05, 0.1) is 12.3 Å². The number of nitrogens with one attached hydrogen (secondary N) is 1. The zero-order chi connectivity index (χ0) is 13.9. The summed E-state index contributed by atoms with van der Waals surface area (Å²) in [5.41, 5.74) is 5.60. The molecular weight excluding hydrogens is 246 g/mol. The third-order valence-corrected chi connectivity index (χ3v) is 4.22. The molecule has 3 rings (SSSR count). The van der Waals surface area contributed by atoms with Gasteiger partial charge in [-0.3, -0.25) is 0 Å². The Labute approximate surface area is 121 Å². The van der Waals surface area contributed by atoms with Crippen LogP contribution in [-0.2, 0) is 12.8 Å². The Morgan fingerprint density at radius 3 is 2.80 bits per heavy atom. The van der Waals surface area contributed by atoms with E-state index in [0.29, 0.717) is 0 Å². The third-order valence-electron chi connectivity index (χ3n) is 4.22. The van der Waals surface area contributed by atoms with Crippen LogP contribution in [0.5, 0.6) is 0 Å². The van der Waals surface area contributed by atoms with Gasteiger partial charge in [-0.05, 0) is 67.5 Å². The van der Waals surface area contributed by atoms with Gasteiger partial charge in [0.25, 0.3) is 0 Å². The Balaban J connectivity index is 1.94. The maximum atomic E-state index is 5.73. The molecule has 106 valence electrons. The highest BCUT2D eigenvalue weighted by Gasteiger charge is 2.20. The minimum Gasteiger partial charge on any atom is -0.467 e. The first-order chi connectivity index (χ1) is 9.79. The van der Waals surface area contributed by atoms with Gasteiger partial charge in [-0.2, -0.15) is 0 Å². The van der Waals surface area contributed by atoms with Crippen LogP contribution in [0, 0.1) is 6.92 Å². The molecule has 0 bridgehead atoms. The first-order valence-corrected chi connectivity index (χ1v) is 7.68. The molecule has 0 spiro atoms. The molecule has 1 unspecified atom stereocenters. The summed E-state index contributed by atoms with van der Waals surface area (Å²) >= 11 is 0. The van der Waals surface area contributed by atoms with Crippen molar-refractivity contribution in [3.63, 3.8) is 0 Å². The van der Waals surface area contributed by atoms with Crippen LogP contribution in [-0.4, -0.2) is 6.54 Å². The van der Waals surface area contributed by atoms with Crippen LogP contribution in [0.15, 0.2) is 34.9 Å². The zero-order valence-electron chi connectivity index (χ0n) is 12.4. The molecule has 1 N–H and O–H groups in total. The van der Waals surface area contributed by atoms with Crippen molar-refractivity contribution in [3.8, 4) is 0 Å². The first kappa shape index (κ1) is 13.4. The summed E-state index contributed by atoms with van der Waals surface area (Å²) in [6, 6.07) is 9.16. The van der Waals surface area contributed by atoms with Gasteiger partial charge in [-0.1, -0.05) is 25.1 Å². The number of furan rings is 1. The number of aryl methyl sites for hydroxylation is 3. The molecule has 2 heteroatoms. The van der Waals surface area contributed by atoms with Crippen molar-refractivity contribution in [3.05, 3.63) is 58.5 Å². The second-order valence-corrected chi connectivity index (χ2v) is 5.74. The number of hydrogen-bond donors (Lipinski definition) is 1. The van der Waals surface area contributed by atoms with Gasteiger partial charge >= 0.3 is 0 Å². The molecule has 0 amide bonds. The van der Waals surface area contributed by atoms with E-state index < -0.39 is 0 Å². The lowest BCUT2D eigenvalue weighted by Gasteiger charge is -2.19. The molecule has 2 nitrogen and oxygen atoms in total. The fraction of sp³-hybridized carbons (Fsp3) is 0.444. The number of rotatable bonds is 5. The quantitative estimate of drug-likeness (QED) is 0.881. The summed E-state index contributed by atoms with van der Waals surface area (Å²) in [5, 5.41) is 3.63. The summed E-state index contributed by atoms with van der Waals surface area (Å²) in [4.78, 5) is 0. The molecule has 0 saturated carbocycles. The minimum atomic E-state index is 0.177. The van der Waals surface area contributed by atoms with Crippen molar-refractivity contribution in [1.82, 2.24) is 5.32 Å². The van der Waals surface area contributed by atoms with Gasteiger partial charge in [0.15, 0.2) is 0 Å². The molecule has 0 radical (unpaired) electrons. The number of fused-ring (bicyclic) bond motifs is 1. The average molecular weight is 269 g/mol. The smallest absolute Gasteiger partial charge is 0.128 e. The molecular formula is C18H23NO. The second kappa shape index (κ2) is 5.84. The van der Waals surface area contributed by atoms with E-state index in [4.69, 9.17) is 4.42 Å². The standard InChI is InChI=1S/C18H23NO/c1-3-10-19-17(18-13(2)9-11-20-18)16-8-7-14-5-4-6-15(14)12-16/h7-9,11-12,17,19H,3-6,10H2,1-2H3. The predicted octanol–water partition coefficient (Wildman–Crippen LogP) is 4.17. The van der Waals surface area contributed by atoms with Crippen molar-refractivity contribution in [2.75, 3.05) is 6.54 Å². The van der Waals surface area contributed by atoms with Crippen LogP contribution in [0.3, 0.4) is 0 Å². The first-order valence-electron chi connectivity index (χ1n) is 7.68. The Kier molecular flexibility index (Phi) is 3.93. The highest BCUT2D eigenvalue weighted by Crippen LogP contribution is 2.30. The van der Waals surface area contributed by atoms with Gasteiger partial charge in [0.2, 0.25) is 0 Å². The zero-order valence-corrected chi connectivity index (χ0v) is 12.4. The maximum absolute atomic E-state index is 5.73. The molecule has 1 heterocycles. The van der Waals surface area contributed by atoms with Crippen LogP contribution < -0.4 is 5.32 Å². The molecule has 1 aliphatic carbocycles. The maximum Gasteiger partial charge on any atom is 0.128 e. The monoisotopic (exact) mass is 269 g/mol. The van der Waals surface area contributed by atoms with Crippen molar-refractivity contribution in [2.24, 2.45) is 0 Å². The normalized spacial score (nSPS) is 15.3. The SMILES string of the molecule is CCCNC(c1ccc2c(c1)CCC2)c1occc1C. The van der Waals surface area contributed by atoms with E-state index in [9.17, 15) is 0 Å². The van der Waals surface area contributed by atoms with Crippen LogP contribution in [0.1, 0.15) is 53.8 Å². The molecule has 2 aromatic rings. The van der Waals surface area contributed by atoms with E-state index in [1.165, 1.54) is 41.5 Å². The minimum absolute atomic E-state index is 0.177. The molecule has 1 aromatic carbocycles. The lowest BCUT2D eigenvalue weighted by Crippen LogP contribution is -2.23. The highest BCUT2D eigenvalue weighted by atomic mass is 16.3. The van der Waals surface area contributed by atoms with E-state index in [1.807, 2.05) is 6.07 Å². The van der Waals surface area contributed by atoms with Crippen molar-refractivity contribution >= 4 is 0 Å². The summed E-state index contributed by atoms with van der Waals surface area (Å²) in [7, 11) is 0. The molecule has 1 aliphatic rings. The average Bonchev–Trinajstić information content (AvgIpc) is 3.08. The Morgan fingerprint density at radius 2 is 2.05 bits per heavy atom. The van der Waals surface area contributed by atoms with E-state index in [-0.39, 0.29) is 6.04 Å². The van der Waals surface area contributed by atoms with Crippen molar-refractivity contribution in [2.45, 2.75) is 45.6 Å². The Bertz CT molecular complexity index is 585. The van der Waals surface area contributed by atoms with E-state index in [0.717, 1.165) is 18.7 Å². The molecule has 20 heavy (non-hydrogen) atoms. The van der Waals surface area contributed by atoms with Crippen LogP contribution in [0.2, 0.25) is 0 Å². The molecule has 0 saturated heterocycles. The summed E-state index contributed by atoms with van der Waals surface area (Å²) in [6.07, 6.45) is 6.68. The highest BCUT2D eigenvalue weighted by molar-refractivity contribution is 5.39. The van der Waals surface area contributed by atoms with Crippen LogP contribution in [0.4, 0.5) is 0 Å². The lowest BCUT2D eigenvalue weighted by atomic mass is 9.98. The largest absolute Gasteiger partial charge is 0.467 e. The molecule has 0 aliphatic heterocycles. The summed E-state index contributed by atoms with van der Waals surface area (Å²) < 4.78 is 5.73. The van der Waals surface area contributed by atoms with E-state index in [1.54, 1.807) is 6.26 Å². The van der Waals surface area contributed by atoms with Crippen molar-refractivity contribution in [1.29, 1.82) is 0 Å². The number of hydrogen-bond acceptors (Lipinski definition) is 2. The van der Waals surface area contributed by atoms with Gasteiger partial charge in [0, 0.05) is 0 Å².